The van der Waals surface area contributed by atoms with Gasteiger partial charge in [0.25, 0.3) is 5.91 Å². The third-order valence-electron chi connectivity index (χ3n) is 4.06. The first-order chi connectivity index (χ1) is 13.5. The first kappa shape index (κ1) is 19.8. The largest absolute Gasteiger partial charge is 0.343 e. The molecule has 0 bridgehead atoms. The molecule has 0 saturated carbocycles. The van der Waals surface area contributed by atoms with Gasteiger partial charge >= 0.3 is 0 Å². The Morgan fingerprint density at radius 2 is 1.79 bits per heavy atom. The molecule has 2 aromatic carbocycles. The number of carbonyl (C=O) groups excluding carboxylic acids is 2. The molecular formula is C20H18BrFN4O2. The molecule has 0 saturated heterocycles. The minimum Gasteiger partial charge on any atom is -0.343 e. The molecule has 0 fully saturated rings. The lowest BCUT2D eigenvalue weighted by atomic mass is 10.2. The molecule has 0 atom stereocenters. The monoisotopic (exact) mass is 444 g/mol. The van der Waals surface area contributed by atoms with Gasteiger partial charge in [-0.1, -0.05) is 22.9 Å². The van der Waals surface area contributed by atoms with Gasteiger partial charge in [0.05, 0.1) is 29.7 Å². The van der Waals surface area contributed by atoms with Gasteiger partial charge in [0, 0.05) is 10.2 Å². The fourth-order valence-electron chi connectivity index (χ4n) is 2.70. The molecule has 0 unspecified atom stereocenters. The van der Waals surface area contributed by atoms with E-state index in [1.54, 1.807) is 28.9 Å². The lowest BCUT2D eigenvalue weighted by molar-refractivity contribution is -0.115. The molecule has 0 aliphatic carbocycles. The molecule has 0 spiro atoms. The van der Waals surface area contributed by atoms with Crippen LogP contribution in [0.5, 0.6) is 0 Å². The van der Waals surface area contributed by atoms with E-state index in [1.807, 2.05) is 19.1 Å². The van der Waals surface area contributed by atoms with E-state index in [-0.39, 0.29) is 18.3 Å². The summed E-state index contributed by atoms with van der Waals surface area (Å²) in [6, 6.07) is 13.0. The number of anilines is 1. The van der Waals surface area contributed by atoms with Crippen LogP contribution in [0.15, 0.2) is 59.2 Å². The van der Waals surface area contributed by atoms with Crippen molar-refractivity contribution in [2.24, 2.45) is 0 Å². The molecule has 144 valence electrons. The van der Waals surface area contributed by atoms with Gasteiger partial charge in [-0.3, -0.25) is 9.59 Å². The Morgan fingerprint density at radius 1 is 1.11 bits per heavy atom. The molecule has 28 heavy (non-hydrogen) atoms. The normalized spacial score (nSPS) is 10.5. The Balaban J connectivity index is 1.66. The van der Waals surface area contributed by atoms with Crippen molar-refractivity contribution in [3.8, 4) is 5.69 Å². The maximum absolute atomic E-state index is 13.1. The molecule has 0 aliphatic heterocycles. The number of aromatic nitrogens is 2. The standard InChI is InChI=1S/C20H18BrFN4O2/c1-2-18-17(11-24-26(18)16-9-5-14(22)6-10-16)20(28)23-12-19(27)25-15-7-3-13(21)4-8-15/h3-11H,2,12H2,1H3,(H,23,28)(H,25,27). The van der Waals surface area contributed by atoms with Crippen LogP contribution in [0.25, 0.3) is 5.69 Å². The topological polar surface area (TPSA) is 76.0 Å². The van der Waals surface area contributed by atoms with Crippen LogP contribution in [0.4, 0.5) is 10.1 Å². The summed E-state index contributed by atoms with van der Waals surface area (Å²) >= 11 is 3.33. The summed E-state index contributed by atoms with van der Waals surface area (Å²) in [4.78, 5) is 24.6. The van der Waals surface area contributed by atoms with Gasteiger partial charge in [-0.15, -0.1) is 0 Å². The average Bonchev–Trinajstić information content (AvgIpc) is 3.12. The highest BCUT2D eigenvalue weighted by atomic mass is 79.9. The summed E-state index contributed by atoms with van der Waals surface area (Å²) in [6.07, 6.45) is 2.00. The zero-order chi connectivity index (χ0) is 20.1. The number of nitrogens with one attached hydrogen (secondary N) is 2. The predicted octanol–water partition coefficient (Wildman–Crippen LogP) is 3.70. The number of halogens is 2. The number of amides is 2. The van der Waals surface area contributed by atoms with Crippen molar-refractivity contribution >= 4 is 33.4 Å². The molecule has 1 aromatic heterocycles. The molecule has 1 heterocycles. The Hall–Kier alpha value is -3.00. The van der Waals surface area contributed by atoms with Gasteiger partial charge in [0.1, 0.15) is 5.82 Å². The fourth-order valence-corrected chi connectivity index (χ4v) is 2.97. The second-order valence-electron chi connectivity index (χ2n) is 5.98. The summed E-state index contributed by atoms with van der Waals surface area (Å²) in [5, 5.41) is 9.55. The van der Waals surface area contributed by atoms with Gasteiger partial charge in [-0.05, 0) is 55.0 Å². The van der Waals surface area contributed by atoms with E-state index in [2.05, 4.69) is 31.7 Å². The maximum Gasteiger partial charge on any atom is 0.255 e. The van der Waals surface area contributed by atoms with Crippen molar-refractivity contribution in [1.82, 2.24) is 15.1 Å². The third-order valence-corrected chi connectivity index (χ3v) is 4.59. The van der Waals surface area contributed by atoms with Crippen LogP contribution in [0.3, 0.4) is 0 Å². The Bertz CT molecular complexity index is 984. The summed E-state index contributed by atoms with van der Waals surface area (Å²) in [5.74, 6) is -1.07. The molecule has 2 amide bonds. The van der Waals surface area contributed by atoms with Gasteiger partial charge in [-0.25, -0.2) is 9.07 Å². The van der Waals surface area contributed by atoms with Gasteiger partial charge in [-0.2, -0.15) is 5.10 Å². The van der Waals surface area contributed by atoms with Crippen LogP contribution >= 0.6 is 15.9 Å². The first-order valence-corrected chi connectivity index (χ1v) is 9.43. The second kappa shape index (κ2) is 8.79. The SMILES string of the molecule is CCc1c(C(=O)NCC(=O)Nc2ccc(Br)cc2)cnn1-c1ccc(F)cc1. The molecule has 3 aromatic rings. The second-order valence-corrected chi connectivity index (χ2v) is 6.90. The Kier molecular flexibility index (Phi) is 6.20. The Morgan fingerprint density at radius 3 is 2.43 bits per heavy atom. The van der Waals surface area contributed by atoms with E-state index >= 15 is 0 Å². The zero-order valence-electron chi connectivity index (χ0n) is 15.1. The molecule has 0 aliphatic rings. The molecule has 3 rings (SSSR count). The van der Waals surface area contributed by atoms with Crippen molar-refractivity contribution in [2.75, 3.05) is 11.9 Å². The van der Waals surface area contributed by atoms with Crippen molar-refractivity contribution in [2.45, 2.75) is 13.3 Å². The summed E-state index contributed by atoms with van der Waals surface area (Å²) < 4.78 is 15.6. The molecule has 8 heteroatoms. The van der Waals surface area contributed by atoms with Gasteiger partial charge in [0.15, 0.2) is 0 Å². The minimum absolute atomic E-state index is 0.167. The molecular weight excluding hydrogens is 427 g/mol. The van der Waals surface area contributed by atoms with Crippen molar-refractivity contribution in [3.63, 3.8) is 0 Å². The maximum atomic E-state index is 13.1. The minimum atomic E-state index is -0.392. The summed E-state index contributed by atoms with van der Waals surface area (Å²) in [5.41, 5.74) is 2.35. The lowest BCUT2D eigenvalue weighted by Crippen LogP contribution is -2.33. The number of hydrogen-bond acceptors (Lipinski definition) is 3. The first-order valence-electron chi connectivity index (χ1n) is 8.64. The summed E-state index contributed by atoms with van der Waals surface area (Å²) in [7, 11) is 0. The average molecular weight is 445 g/mol. The predicted molar refractivity (Wildman–Crippen MR) is 108 cm³/mol. The van der Waals surface area contributed by atoms with E-state index in [9.17, 15) is 14.0 Å². The van der Waals surface area contributed by atoms with E-state index in [1.165, 1.54) is 18.3 Å². The van der Waals surface area contributed by atoms with Gasteiger partial charge < -0.3 is 10.6 Å². The molecule has 6 nitrogen and oxygen atoms in total. The lowest BCUT2D eigenvalue weighted by Gasteiger charge is -2.09. The van der Waals surface area contributed by atoms with Crippen LogP contribution in [0.1, 0.15) is 23.0 Å². The molecule has 0 radical (unpaired) electrons. The fraction of sp³-hybridized carbons (Fsp3) is 0.150. The number of carbonyl (C=O) groups is 2. The van der Waals surface area contributed by atoms with E-state index in [4.69, 9.17) is 0 Å². The zero-order valence-corrected chi connectivity index (χ0v) is 16.7. The van der Waals surface area contributed by atoms with Crippen molar-refractivity contribution in [3.05, 3.63) is 76.3 Å². The highest BCUT2D eigenvalue weighted by Crippen LogP contribution is 2.17. The number of nitrogens with zero attached hydrogens (tertiary/aromatic N) is 2. The highest BCUT2D eigenvalue weighted by molar-refractivity contribution is 9.10. The van der Waals surface area contributed by atoms with Crippen LogP contribution < -0.4 is 10.6 Å². The third kappa shape index (κ3) is 4.64. The van der Waals surface area contributed by atoms with E-state index in [0.717, 1.165) is 4.47 Å². The van der Waals surface area contributed by atoms with Crippen LogP contribution in [-0.4, -0.2) is 28.1 Å². The smallest absolute Gasteiger partial charge is 0.255 e. The van der Waals surface area contributed by atoms with Crippen molar-refractivity contribution < 1.29 is 14.0 Å². The van der Waals surface area contributed by atoms with Crippen LogP contribution in [0, 0.1) is 5.82 Å². The Labute approximate surface area is 169 Å². The quantitative estimate of drug-likeness (QED) is 0.608. The van der Waals surface area contributed by atoms with E-state index < -0.39 is 5.91 Å². The van der Waals surface area contributed by atoms with Gasteiger partial charge in [0.2, 0.25) is 5.91 Å². The highest BCUT2D eigenvalue weighted by Gasteiger charge is 2.18. The van der Waals surface area contributed by atoms with Crippen LogP contribution in [-0.2, 0) is 11.2 Å². The van der Waals surface area contributed by atoms with Crippen LogP contribution in [0.2, 0.25) is 0 Å². The van der Waals surface area contributed by atoms with E-state index in [0.29, 0.717) is 29.1 Å². The molecule has 2 N–H and O–H groups in total. The van der Waals surface area contributed by atoms with Crippen molar-refractivity contribution in [1.29, 1.82) is 0 Å². The number of rotatable bonds is 6. The number of benzene rings is 2. The number of hydrogen-bond donors (Lipinski definition) is 2. The summed E-state index contributed by atoms with van der Waals surface area (Å²) in [6.45, 7) is 1.73.